The molecule has 154 valence electrons. The van der Waals surface area contributed by atoms with Gasteiger partial charge in [-0.3, -0.25) is 9.36 Å². The molecule has 3 aromatic rings. The molecule has 0 saturated heterocycles. The first kappa shape index (κ1) is 20.3. The molecule has 0 radical (unpaired) electrons. The lowest BCUT2D eigenvalue weighted by Crippen LogP contribution is -2.27. The number of fused-ring (bicyclic) bond motifs is 2. The van der Waals surface area contributed by atoms with Gasteiger partial charge in [0.05, 0.1) is 15.1 Å². The second kappa shape index (κ2) is 8.05. The summed E-state index contributed by atoms with van der Waals surface area (Å²) in [5.74, 6) is 0. The lowest BCUT2D eigenvalue weighted by molar-refractivity contribution is 0.566. The Balaban J connectivity index is 1.60. The molecule has 5 nitrogen and oxygen atoms in total. The van der Waals surface area contributed by atoms with Gasteiger partial charge in [0, 0.05) is 12.6 Å². The second-order valence-corrected chi connectivity index (χ2v) is 10.4. The van der Waals surface area contributed by atoms with Gasteiger partial charge in [0.15, 0.2) is 0 Å². The highest BCUT2D eigenvalue weighted by Gasteiger charge is 2.21. The molecule has 1 N–H and O–H groups in total. The average molecular weight is 431 g/mol. The normalized spacial score (nSPS) is 15.4. The molecule has 7 heteroatoms. The van der Waals surface area contributed by atoms with Crippen LogP contribution in [0.1, 0.15) is 55.8 Å². The minimum atomic E-state index is -3.69. The van der Waals surface area contributed by atoms with E-state index in [0.29, 0.717) is 11.2 Å². The van der Waals surface area contributed by atoms with Gasteiger partial charge in [-0.15, -0.1) is 0 Å². The van der Waals surface area contributed by atoms with Gasteiger partial charge in [-0.1, -0.05) is 36.5 Å². The van der Waals surface area contributed by atoms with E-state index >= 15 is 0 Å². The van der Waals surface area contributed by atoms with E-state index < -0.39 is 10.0 Å². The van der Waals surface area contributed by atoms with E-state index in [9.17, 15) is 13.2 Å². The summed E-state index contributed by atoms with van der Waals surface area (Å²) in [6.07, 6.45) is 5.44. The van der Waals surface area contributed by atoms with E-state index in [0.717, 1.165) is 41.7 Å². The monoisotopic (exact) mass is 430 g/mol. The zero-order valence-electron chi connectivity index (χ0n) is 16.8. The summed E-state index contributed by atoms with van der Waals surface area (Å²) in [5.41, 5.74) is 4.49. The molecule has 0 bridgehead atoms. The Hall–Kier alpha value is -1.96. The minimum Gasteiger partial charge on any atom is -0.299 e. The van der Waals surface area contributed by atoms with Gasteiger partial charge in [-0.2, -0.15) is 0 Å². The van der Waals surface area contributed by atoms with Crippen molar-refractivity contribution >= 4 is 31.6 Å². The van der Waals surface area contributed by atoms with Crippen molar-refractivity contribution in [1.82, 2.24) is 9.29 Å². The Morgan fingerprint density at radius 2 is 1.86 bits per heavy atom. The first-order chi connectivity index (χ1) is 13.9. The van der Waals surface area contributed by atoms with Crippen molar-refractivity contribution in [3.8, 4) is 0 Å². The summed E-state index contributed by atoms with van der Waals surface area (Å²) in [7, 11) is -3.69. The summed E-state index contributed by atoms with van der Waals surface area (Å²) in [4.78, 5) is 12.3. The van der Waals surface area contributed by atoms with E-state index in [1.54, 1.807) is 22.8 Å². The van der Waals surface area contributed by atoms with Crippen LogP contribution in [0.4, 0.5) is 0 Å². The van der Waals surface area contributed by atoms with Crippen molar-refractivity contribution < 1.29 is 8.42 Å². The second-order valence-electron chi connectivity index (χ2n) is 7.73. The maximum absolute atomic E-state index is 13.0. The Morgan fingerprint density at radius 3 is 2.62 bits per heavy atom. The summed E-state index contributed by atoms with van der Waals surface area (Å²) < 4.78 is 31.2. The summed E-state index contributed by atoms with van der Waals surface area (Å²) in [6.45, 7) is 4.52. The van der Waals surface area contributed by atoms with Gasteiger partial charge < -0.3 is 0 Å². The van der Waals surface area contributed by atoms with Gasteiger partial charge >= 0.3 is 4.87 Å². The maximum Gasteiger partial charge on any atom is 0.308 e. The summed E-state index contributed by atoms with van der Waals surface area (Å²) >= 11 is 1.09. The molecule has 0 unspecified atom stereocenters. The third-order valence-corrected chi connectivity index (χ3v) is 8.08. The summed E-state index contributed by atoms with van der Waals surface area (Å²) in [5, 5.41) is 0. The highest BCUT2D eigenvalue weighted by atomic mass is 32.2. The lowest BCUT2D eigenvalue weighted by atomic mass is 9.89. The largest absolute Gasteiger partial charge is 0.308 e. The third-order valence-electron chi connectivity index (χ3n) is 5.60. The molecule has 1 aliphatic rings. The number of nitrogens with zero attached hydrogens (tertiary/aromatic N) is 1. The fraction of sp³-hybridized carbons (Fsp3) is 0.409. The van der Waals surface area contributed by atoms with Gasteiger partial charge in [0.1, 0.15) is 0 Å². The van der Waals surface area contributed by atoms with Crippen molar-refractivity contribution in [1.29, 1.82) is 0 Å². The van der Waals surface area contributed by atoms with E-state index in [4.69, 9.17) is 0 Å². The number of rotatable bonds is 6. The molecular weight excluding hydrogens is 404 g/mol. The first-order valence-corrected chi connectivity index (χ1v) is 12.5. The molecule has 2 aromatic carbocycles. The zero-order valence-corrected chi connectivity index (χ0v) is 18.4. The van der Waals surface area contributed by atoms with Crippen LogP contribution < -0.4 is 9.60 Å². The molecule has 0 fully saturated rings. The molecular formula is C22H26N2O3S2. The molecule has 0 aliphatic heterocycles. The number of thiazole rings is 1. The van der Waals surface area contributed by atoms with Crippen LogP contribution in [0.3, 0.4) is 0 Å². The minimum absolute atomic E-state index is 0.0493. The van der Waals surface area contributed by atoms with Crippen LogP contribution in [0.5, 0.6) is 0 Å². The molecule has 0 amide bonds. The van der Waals surface area contributed by atoms with Crippen LogP contribution in [-0.4, -0.2) is 13.0 Å². The van der Waals surface area contributed by atoms with Crippen LogP contribution in [0.15, 0.2) is 46.1 Å². The first-order valence-electron chi connectivity index (χ1n) is 10.2. The van der Waals surface area contributed by atoms with E-state index in [-0.39, 0.29) is 15.8 Å². The molecule has 0 saturated carbocycles. The smallest absolute Gasteiger partial charge is 0.299 e. The molecule has 1 aliphatic carbocycles. The fourth-order valence-electron chi connectivity index (χ4n) is 4.04. The number of hydrogen-bond donors (Lipinski definition) is 1. The fourth-order valence-corrected chi connectivity index (χ4v) is 6.33. The van der Waals surface area contributed by atoms with Crippen molar-refractivity contribution in [2.45, 2.75) is 63.4 Å². The molecule has 29 heavy (non-hydrogen) atoms. The number of aromatic nitrogens is 1. The Bertz CT molecular complexity index is 1210. The Morgan fingerprint density at radius 1 is 1.10 bits per heavy atom. The Labute approximate surface area is 175 Å². The van der Waals surface area contributed by atoms with Gasteiger partial charge in [-0.05, 0) is 73.9 Å². The van der Waals surface area contributed by atoms with E-state index in [1.807, 2.05) is 19.9 Å². The number of aryl methyl sites for hydroxylation is 3. The predicted molar refractivity (Wildman–Crippen MR) is 118 cm³/mol. The lowest BCUT2D eigenvalue weighted by Gasteiger charge is -2.20. The van der Waals surface area contributed by atoms with E-state index in [2.05, 4.69) is 16.9 Å². The topological polar surface area (TPSA) is 68.2 Å². The number of nitrogens with one attached hydrogen (secondary N) is 1. The molecule has 1 heterocycles. The van der Waals surface area contributed by atoms with Crippen LogP contribution in [-0.2, 0) is 29.4 Å². The van der Waals surface area contributed by atoms with Crippen LogP contribution in [0.2, 0.25) is 0 Å². The summed E-state index contributed by atoms with van der Waals surface area (Å²) in [6, 6.07) is 10.9. The van der Waals surface area contributed by atoms with Crippen LogP contribution >= 0.6 is 11.3 Å². The molecule has 1 atom stereocenters. The predicted octanol–water partition coefficient (Wildman–Crippen LogP) is 4.39. The highest BCUT2D eigenvalue weighted by Crippen LogP contribution is 2.27. The van der Waals surface area contributed by atoms with Crippen LogP contribution in [0.25, 0.3) is 10.2 Å². The number of hydrogen-bond acceptors (Lipinski definition) is 4. The van der Waals surface area contributed by atoms with Crippen molar-refractivity contribution in [3.63, 3.8) is 0 Å². The average Bonchev–Trinajstić information content (AvgIpc) is 3.02. The van der Waals surface area contributed by atoms with Crippen LogP contribution in [0, 0.1) is 0 Å². The van der Waals surface area contributed by atoms with Crippen molar-refractivity contribution in [2.24, 2.45) is 0 Å². The molecule has 0 spiro atoms. The Kier molecular flexibility index (Phi) is 5.64. The van der Waals surface area contributed by atoms with Gasteiger partial charge in [-0.25, -0.2) is 13.1 Å². The van der Waals surface area contributed by atoms with Gasteiger partial charge in [0.2, 0.25) is 10.0 Å². The van der Waals surface area contributed by atoms with Crippen molar-refractivity contribution in [3.05, 3.63) is 62.8 Å². The number of sulfonamides is 1. The zero-order chi connectivity index (χ0) is 20.6. The molecule has 4 rings (SSSR count). The SMILES string of the molecule is CCCn1c(=O)sc2cc(S(=O)(=O)N[C@H](C)c3ccc4c(c3)CCCC4)ccc21. The van der Waals surface area contributed by atoms with E-state index in [1.165, 1.54) is 24.0 Å². The van der Waals surface area contributed by atoms with Crippen molar-refractivity contribution in [2.75, 3.05) is 0 Å². The quantitative estimate of drug-likeness (QED) is 0.631. The maximum atomic E-state index is 13.0. The van der Waals surface area contributed by atoms with Gasteiger partial charge in [0.25, 0.3) is 0 Å². The highest BCUT2D eigenvalue weighted by molar-refractivity contribution is 7.89. The standard InChI is InChI=1S/C22H26N2O3S2/c1-3-12-24-20-11-10-19(14-21(20)28-22(24)25)29(26,27)23-15(2)17-9-8-16-6-4-5-7-18(16)13-17/h8-11,13-15,23H,3-7,12H2,1-2H3/t15-/m1/s1. The number of benzene rings is 2. The molecule has 1 aromatic heterocycles. The third kappa shape index (κ3) is 4.04.